The molecule has 3 aliphatic rings. The number of nitrogens with one attached hydrogen (secondary N) is 3. The van der Waals surface area contributed by atoms with Crippen molar-refractivity contribution in [3.05, 3.63) is 41.0 Å². The number of likely N-dealkylation sites (N-methyl/N-ethyl adjacent to an activating group) is 1. The second kappa shape index (κ2) is 12.9. The predicted molar refractivity (Wildman–Crippen MR) is 156 cm³/mol. The lowest BCUT2D eigenvalue weighted by Crippen LogP contribution is -2.46. The van der Waals surface area contributed by atoms with Crippen LogP contribution in [0.15, 0.2) is 18.3 Å². The maximum Gasteiger partial charge on any atom is 0.419 e. The average molecular weight is 621 g/mol. The fourth-order valence-corrected chi connectivity index (χ4v) is 7.13. The maximum atomic E-state index is 15.2. The van der Waals surface area contributed by atoms with Crippen LogP contribution in [0.2, 0.25) is 0 Å². The molecular weight excluding hydrogens is 580 g/mol. The third kappa shape index (κ3) is 7.08. The molecule has 3 N–H and O–H groups in total. The summed E-state index contributed by atoms with van der Waals surface area (Å²) in [5.41, 5.74) is -1.27. The molecule has 0 radical (unpaired) electrons. The quantitative estimate of drug-likeness (QED) is 0.330. The van der Waals surface area contributed by atoms with Crippen molar-refractivity contribution in [1.82, 2.24) is 25.5 Å². The van der Waals surface area contributed by atoms with Crippen LogP contribution in [0.4, 0.5) is 29.2 Å². The maximum absolute atomic E-state index is 15.2. The van der Waals surface area contributed by atoms with Crippen LogP contribution >= 0.6 is 0 Å². The van der Waals surface area contributed by atoms with Crippen molar-refractivity contribution in [2.24, 2.45) is 11.3 Å². The van der Waals surface area contributed by atoms with E-state index in [4.69, 9.17) is 4.74 Å². The van der Waals surface area contributed by atoms with Crippen LogP contribution in [0.5, 0.6) is 5.75 Å². The van der Waals surface area contributed by atoms with Gasteiger partial charge in [0.25, 0.3) is 5.91 Å². The van der Waals surface area contributed by atoms with Crippen LogP contribution < -0.4 is 20.7 Å². The molecule has 5 rings (SSSR count). The number of amides is 2. The van der Waals surface area contributed by atoms with E-state index in [9.17, 15) is 22.8 Å². The molecular formula is C31H40F4N6O3. The fourth-order valence-electron chi connectivity index (χ4n) is 7.13. The van der Waals surface area contributed by atoms with Gasteiger partial charge in [-0.1, -0.05) is 12.8 Å². The highest BCUT2D eigenvalue weighted by molar-refractivity contribution is 5.96. The van der Waals surface area contributed by atoms with Crippen molar-refractivity contribution in [2.75, 3.05) is 32.6 Å². The Bertz CT molecular complexity index is 1390. The number of benzene rings is 1. The Balaban J connectivity index is 1.32. The Morgan fingerprint density at radius 2 is 1.95 bits per heavy atom. The molecule has 2 heterocycles. The van der Waals surface area contributed by atoms with Gasteiger partial charge in [0.15, 0.2) is 0 Å². The van der Waals surface area contributed by atoms with E-state index in [1.54, 1.807) is 0 Å². The molecule has 13 heteroatoms. The first-order valence-corrected chi connectivity index (χ1v) is 15.2. The molecule has 0 bridgehead atoms. The summed E-state index contributed by atoms with van der Waals surface area (Å²) >= 11 is 0. The Morgan fingerprint density at radius 1 is 1.16 bits per heavy atom. The smallest absolute Gasteiger partial charge is 0.419 e. The van der Waals surface area contributed by atoms with E-state index in [1.165, 1.54) is 20.1 Å². The summed E-state index contributed by atoms with van der Waals surface area (Å²) in [5, 5.41) is 8.71. The number of hydrogen-bond acceptors (Lipinski definition) is 7. The largest absolute Gasteiger partial charge is 0.495 e. The molecule has 240 valence electrons. The van der Waals surface area contributed by atoms with Gasteiger partial charge < -0.3 is 25.6 Å². The van der Waals surface area contributed by atoms with Gasteiger partial charge in [0.1, 0.15) is 11.6 Å². The second-order valence-electron chi connectivity index (χ2n) is 12.5. The van der Waals surface area contributed by atoms with Gasteiger partial charge in [-0.15, -0.1) is 0 Å². The van der Waals surface area contributed by atoms with Crippen molar-refractivity contribution in [3.8, 4) is 5.75 Å². The zero-order valence-corrected chi connectivity index (χ0v) is 25.3. The zero-order valence-electron chi connectivity index (χ0n) is 25.3. The number of likely N-dealkylation sites (tertiary alicyclic amines) is 1. The van der Waals surface area contributed by atoms with E-state index >= 15 is 4.39 Å². The number of halogens is 4. The van der Waals surface area contributed by atoms with Crippen molar-refractivity contribution in [2.45, 2.75) is 83.0 Å². The van der Waals surface area contributed by atoms with E-state index in [1.807, 2.05) is 7.05 Å². The number of aryl methyl sites for hydroxylation is 1. The number of alkyl halides is 3. The Kier molecular flexibility index (Phi) is 9.33. The van der Waals surface area contributed by atoms with Gasteiger partial charge in [-0.25, -0.2) is 14.4 Å². The minimum atomic E-state index is -4.65. The normalized spacial score (nSPS) is 25.4. The number of methoxy groups -OCH3 is 1. The van der Waals surface area contributed by atoms with Gasteiger partial charge >= 0.3 is 6.18 Å². The van der Waals surface area contributed by atoms with Crippen molar-refractivity contribution in [3.63, 3.8) is 0 Å². The number of nitrogens with zero attached hydrogens (tertiary/aromatic N) is 3. The summed E-state index contributed by atoms with van der Waals surface area (Å²) in [6.07, 6.45) is 3.12. The van der Waals surface area contributed by atoms with Gasteiger partial charge in [0.05, 0.1) is 29.6 Å². The fraction of sp³-hybridized carbons (Fsp3) is 0.613. The molecule has 1 aromatic carbocycles. The van der Waals surface area contributed by atoms with Gasteiger partial charge in [-0.3, -0.25) is 9.59 Å². The minimum absolute atomic E-state index is 0.0416. The molecule has 1 saturated heterocycles. The number of hydrogen-bond donors (Lipinski definition) is 3. The molecule has 2 amide bonds. The second-order valence-corrected chi connectivity index (χ2v) is 12.5. The van der Waals surface area contributed by atoms with Gasteiger partial charge in [-0.2, -0.15) is 13.2 Å². The molecule has 1 aromatic heterocycles. The summed E-state index contributed by atoms with van der Waals surface area (Å²) in [5.74, 6) is -1.32. The van der Waals surface area contributed by atoms with Crippen LogP contribution in [-0.2, 0) is 17.4 Å². The molecule has 2 saturated carbocycles. The summed E-state index contributed by atoms with van der Waals surface area (Å²) < 4.78 is 62.3. The third-order valence-electron chi connectivity index (χ3n) is 9.38. The summed E-state index contributed by atoms with van der Waals surface area (Å²) in [7, 11) is 3.31. The number of rotatable bonds is 9. The predicted octanol–water partition coefficient (Wildman–Crippen LogP) is 5.23. The molecule has 1 spiro atoms. The molecule has 4 atom stereocenters. The SMILES string of the molecule is COc1cc(C(=O)NC2CCCN(C)C2)c(F)cc1Nc1ncc(C(F)(F)F)c(CC[C@@H]2C[C@@]23CCCC[C@H]3NC(C)=O)n1. The van der Waals surface area contributed by atoms with Crippen LogP contribution in [0.3, 0.4) is 0 Å². The Hall–Kier alpha value is -3.48. The minimum Gasteiger partial charge on any atom is -0.495 e. The Labute approximate surface area is 254 Å². The molecule has 1 aliphatic heterocycles. The van der Waals surface area contributed by atoms with E-state index < -0.39 is 23.5 Å². The lowest BCUT2D eigenvalue weighted by Gasteiger charge is -2.33. The first-order valence-electron chi connectivity index (χ1n) is 15.2. The molecule has 2 aromatic rings. The highest BCUT2D eigenvalue weighted by Gasteiger charge is 2.58. The lowest BCUT2D eigenvalue weighted by molar-refractivity contribution is -0.138. The van der Waals surface area contributed by atoms with E-state index in [2.05, 4.69) is 30.8 Å². The van der Waals surface area contributed by atoms with Crippen molar-refractivity contribution >= 4 is 23.5 Å². The standard InChI is InChI=1S/C31H40F4N6O3/c1-18(42)37-27-8-4-5-11-30(27)15-19(30)9-10-24-22(31(33,34)35)16-36-29(39-24)40-25-14-23(32)21(13-26(25)44-3)28(43)38-20-7-6-12-41(2)17-20/h13-14,16,19-20,27H,4-12,15,17H2,1-3H3,(H,37,42)(H,38,43)(H,36,39,40)/t19-,20?,27-,30+/m1/s1. The van der Waals surface area contributed by atoms with Crippen LogP contribution in [0.25, 0.3) is 0 Å². The number of anilines is 2. The van der Waals surface area contributed by atoms with E-state index in [-0.39, 0.29) is 64.4 Å². The van der Waals surface area contributed by atoms with Gasteiger partial charge in [-0.05, 0) is 75.9 Å². The molecule has 2 aliphatic carbocycles. The highest BCUT2D eigenvalue weighted by Crippen LogP contribution is 2.63. The lowest BCUT2D eigenvalue weighted by atomic mass is 9.79. The highest BCUT2D eigenvalue weighted by atomic mass is 19.4. The monoisotopic (exact) mass is 620 g/mol. The van der Waals surface area contributed by atoms with Crippen LogP contribution in [-0.4, -0.2) is 66.0 Å². The molecule has 44 heavy (non-hydrogen) atoms. The van der Waals surface area contributed by atoms with E-state index in [0.29, 0.717) is 13.0 Å². The van der Waals surface area contributed by atoms with Crippen molar-refractivity contribution in [1.29, 1.82) is 0 Å². The summed E-state index contributed by atoms with van der Waals surface area (Å²) in [4.78, 5) is 34.8. The average Bonchev–Trinajstić information content (AvgIpc) is 3.65. The third-order valence-corrected chi connectivity index (χ3v) is 9.38. The van der Waals surface area contributed by atoms with Crippen molar-refractivity contribution < 1.29 is 31.9 Å². The number of ether oxygens (including phenoxy) is 1. The number of piperidine rings is 1. The summed E-state index contributed by atoms with van der Waals surface area (Å²) in [6, 6.07) is 2.25. The topological polar surface area (TPSA) is 108 Å². The first kappa shape index (κ1) is 31.9. The van der Waals surface area contributed by atoms with Gasteiger partial charge in [0, 0.05) is 37.8 Å². The van der Waals surface area contributed by atoms with E-state index in [0.717, 1.165) is 63.8 Å². The number of carbonyl (C=O) groups is 2. The molecule has 9 nitrogen and oxygen atoms in total. The molecule has 1 unspecified atom stereocenters. The summed E-state index contributed by atoms with van der Waals surface area (Å²) in [6.45, 7) is 3.09. The van der Waals surface area contributed by atoms with Gasteiger partial charge in [0.2, 0.25) is 11.9 Å². The van der Waals surface area contributed by atoms with Crippen LogP contribution in [0.1, 0.15) is 79.9 Å². The number of carbonyl (C=O) groups excluding carboxylic acids is 2. The first-order chi connectivity index (χ1) is 20.9. The molecule has 3 fully saturated rings. The Morgan fingerprint density at radius 3 is 2.66 bits per heavy atom. The van der Waals surface area contributed by atoms with Crippen LogP contribution in [0, 0.1) is 17.2 Å². The number of aromatic nitrogens is 2. The zero-order chi connectivity index (χ0) is 31.6.